The molecule has 0 aliphatic heterocycles. The summed E-state index contributed by atoms with van der Waals surface area (Å²) in [6, 6.07) is 10.1. The van der Waals surface area contributed by atoms with Crippen molar-refractivity contribution in [3.05, 3.63) is 30.3 Å². The van der Waals surface area contributed by atoms with Crippen molar-refractivity contribution in [2.75, 3.05) is 26.7 Å². The van der Waals surface area contributed by atoms with Crippen molar-refractivity contribution in [2.24, 2.45) is 4.99 Å². The van der Waals surface area contributed by atoms with E-state index in [4.69, 9.17) is 4.74 Å². The van der Waals surface area contributed by atoms with Crippen LogP contribution in [0.25, 0.3) is 0 Å². The zero-order valence-electron chi connectivity index (χ0n) is 15.5. The summed E-state index contributed by atoms with van der Waals surface area (Å²) in [6.45, 7) is 1.61. The Morgan fingerprint density at radius 2 is 1.88 bits per heavy atom. The predicted octanol–water partition coefficient (Wildman–Crippen LogP) is 2.69. The molecule has 1 aromatic carbocycles. The van der Waals surface area contributed by atoms with Crippen molar-refractivity contribution in [3.8, 4) is 5.75 Å². The number of halogens is 1. The molecule has 0 bridgehead atoms. The highest BCUT2D eigenvalue weighted by Gasteiger charge is 2.15. The van der Waals surface area contributed by atoms with Crippen LogP contribution in [0.2, 0.25) is 0 Å². The second kappa shape index (κ2) is 13.7. The number of nitrogens with one attached hydrogen (secondary N) is 3. The topological polar surface area (TPSA) is 74.8 Å². The third-order valence-corrected chi connectivity index (χ3v) is 4.24. The molecular formula is C19H31IN4O2. The van der Waals surface area contributed by atoms with Gasteiger partial charge in [0.2, 0.25) is 5.91 Å². The molecule has 0 spiro atoms. The van der Waals surface area contributed by atoms with E-state index in [1.165, 1.54) is 19.3 Å². The van der Waals surface area contributed by atoms with E-state index in [9.17, 15) is 4.79 Å². The van der Waals surface area contributed by atoms with Gasteiger partial charge in [0.05, 0.1) is 13.2 Å². The maximum absolute atomic E-state index is 12.0. The summed E-state index contributed by atoms with van der Waals surface area (Å²) in [6.07, 6.45) is 6.76. The minimum absolute atomic E-state index is 0. The fourth-order valence-corrected chi connectivity index (χ4v) is 2.90. The molecule has 6 nitrogen and oxygen atoms in total. The maximum Gasteiger partial charge on any atom is 0.239 e. The van der Waals surface area contributed by atoms with Gasteiger partial charge in [0.25, 0.3) is 0 Å². The number of para-hydroxylation sites is 1. The van der Waals surface area contributed by atoms with Crippen molar-refractivity contribution >= 4 is 35.8 Å². The van der Waals surface area contributed by atoms with Crippen molar-refractivity contribution in [1.29, 1.82) is 0 Å². The molecule has 1 aliphatic carbocycles. The molecule has 7 heteroatoms. The smallest absolute Gasteiger partial charge is 0.239 e. The number of carbonyl (C=O) groups excluding carboxylic acids is 1. The fraction of sp³-hybridized carbons (Fsp3) is 0.579. The number of guanidine groups is 1. The van der Waals surface area contributed by atoms with Gasteiger partial charge in [-0.25, -0.2) is 0 Å². The van der Waals surface area contributed by atoms with Crippen LogP contribution in [0.15, 0.2) is 35.3 Å². The maximum atomic E-state index is 12.0. The third kappa shape index (κ3) is 9.26. The number of hydrogen-bond acceptors (Lipinski definition) is 3. The Bertz CT molecular complexity index is 534. The zero-order chi connectivity index (χ0) is 17.7. The van der Waals surface area contributed by atoms with E-state index in [-0.39, 0.29) is 36.4 Å². The van der Waals surface area contributed by atoms with Crippen LogP contribution in [0.1, 0.15) is 38.5 Å². The number of hydrogen-bond donors (Lipinski definition) is 3. The van der Waals surface area contributed by atoms with Gasteiger partial charge in [0.15, 0.2) is 5.96 Å². The fourth-order valence-electron chi connectivity index (χ4n) is 2.90. The zero-order valence-corrected chi connectivity index (χ0v) is 17.8. The molecule has 146 valence electrons. The first-order valence-corrected chi connectivity index (χ1v) is 9.19. The molecule has 0 saturated heterocycles. The lowest BCUT2D eigenvalue weighted by atomic mass is 9.95. The van der Waals surface area contributed by atoms with Gasteiger partial charge in [-0.15, -0.1) is 24.0 Å². The Morgan fingerprint density at radius 1 is 1.15 bits per heavy atom. The third-order valence-electron chi connectivity index (χ3n) is 4.24. The Hall–Kier alpha value is -1.51. The van der Waals surface area contributed by atoms with E-state index in [1.807, 2.05) is 30.3 Å². The van der Waals surface area contributed by atoms with E-state index < -0.39 is 0 Å². The molecule has 1 aliphatic rings. The number of nitrogens with zero attached hydrogens (tertiary/aromatic N) is 1. The quantitative estimate of drug-likeness (QED) is 0.235. The Morgan fingerprint density at radius 3 is 2.58 bits per heavy atom. The standard InChI is InChI=1S/C19H30N4O2.HI/c1-20-19(21-13-8-14-25-17-11-6-3-7-12-17)22-15-18(24)23-16-9-4-2-5-10-16;/h3,6-7,11-12,16H,2,4-5,8-10,13-15H2,1H3,(H,23,24)(H2,20,21,22);1H. The number of amides is 1. The van der Waals surface area contributed by atoms with Crippen LogP contribution < -0.4 is 20.7 Å². The minimum Gasteiger partial charge on any atom is -0.494 e. The monoisotopic (exact) mass is 474 g/mol. The largest absolute Gasteiger partial charge is 0.494 e. The Balaban J connectivity index is 0.00000338. The van der Waals surface area contributed by atoms with Crippen LogP contribution in [0.3, 0.4) is 0 Å². The normalized spacial score (nSPS) is 14.9. The van der Waals surface area contributed by atoms with E-state index in [0.29, 0.717) is 18.6 Å². The molecule has 1 fully saturated rings. The van der Waals surface area contributed by atoms with E-state index in [0.717, 1.165) is 31.6 Å². The first kappa shape index (κ1) is 22.5. The molecule has 2 rings (SSSR count). The molecule has 0 unspecified atom stereocenters. The number of benzene rings is 1. The lowest BCUT2D eigenvalue weighted by Crippen LogP contribution is -2.46. The van der Waals surface area contributed by atoms with Crippen LogP contribution in [0.5, 0.6) is 5.75 Å². The molecule has 1 saturated carbocycles. The van der Waals surface area contributed by atoms with Crippen molar-refractivity contribution < 1.29 is 9.53 Å². The summed E-state index contributed by atoms with van der Waals surface area (Å²) in [5, 5.41) is 9.34. The van der Waals surface area contributed by atoms with Crippen LogP contribution in [0, 0.1) is 0 Å². The lowest BCUT2D eigenvalue weighted by Gasteiger charge is -2.23. The highest BCUT2D eigenvalue weighted by molar-refractivity contribution is 14.0. The van der Waals surface area contributed by atoms with Gasteiger partial charge < -0.3 is 20.7 Å². The van der Waals surface area contributed by atoms with Crippen molar-refractivity contribution in [3.63, 3.8) is 0 Å². The van der Waals surface area contributed by atoms with Gasteiger partial charge in [-0.3, -0.25) is 9.79 Å². The molecule has 0 radical (unpaired) electrons. The predicted molar refractivity (Wildman–Crippen MR) is 116 cm³/mol. The first-order valence-electron chi connectivity index (χ1n) is 9.19. The van der Waals surface area contributed by atoms with Gasteiger partial charge in [0, 0.05) is 19.6 Å². The molecule has 26 heavy (non-hydrogen) atoms. The van der Waals surface area contributed by atoms with Gasteiger partial charge in [-0.1, -0.05) is 37.5 Å². The summed E-state index contributed by atoms with van der Waals surface area (Å²) < 4.78 is 5.64. The second-order valence-corrected chi connectivity index (χ2v) is 6.27. The summed E-state index contributed by atoms with van der Waals surface area (Å²) >= 11 is 0. The summed E-state index contributed by atoms with van der Waals surface area (Å²) in [5.41, 5.74) is 0. The molecule has 1 aromatic rings. The number of aliphatic imine (C=N–C) groups is 1. The molecule has 0 heterocycles. The van der Waals surface area contributed by atoms with Crippen LogP contribution in [0.4, 0.5) is 0 Å². The van der Waals surface area contributed by atoms with Crippen LogP contribution in [-0.2, 0) is 4.79 Å². The minimum atomic E-state index is 0. The highest BCUT2D eigenvalue weighted by Crippen LogP contribution is 2.17. The van der Waals surface area contributed by atoms with E-state index in [2.05, 4.69) is 20.9 Å². The first-order chi connectivity index (χ1) is 12.3. The van der Waals surface area contributed by atoms with Crippen LogP contribution >= 0.6 is 24.0 Å². The Kier molecular flexibility index (Phi) is 11.8. The van der Waals surface area contributed by atoms with Gasteiger partial charge in [-0.05, 0) is 31.4 Å². The SMILES string of the molecule is CN=C(NCCCOc1ccccc1)NCC(=O)NC1CCCCC1.I. The number of carbonyl (C=O) groups is 1. The highest BCUT2D eigenvalue weighted by atomic mass is 127. The Labute approximate surface area is 173 Å². The number of rotatable bonds is 8. The summed E-state index contributed by atoms with van der Waals surface area (Å²) in [7, 11) is 1.70. The molecular weight excluding hydrogens is 443 g/mol. The molecule has 0 atom stereocenters. The van der Waals surface area contributed by atoms with Gasteiger partial charge in [-0.2, -0.15) is 0 Å². The van der Waals surface area contributed by atoms with Crippen molar-refractivity contribution in [1.82, 2.24) is 16.0 Å². The molecule has 0 aromatic heterocycles. The lowest BCUT2D eigenvalue weighted by molar-refractivity contribution is -0.120. The van der Waals surface area contributed by atoms with E-state index >= 15 is 0 Å². The molecule has 3 N–H and O–H groups in total. The summed E-state index contributed by atoms with van der Waals surface area (Å²) in [5.74, 6) is 1.55. The summed E-state index contributed by atoms with van der Waals surface area (Å²) in [4.78, 5) is 16.1. The number of ether oxygens (including phenoxy) is 1. The van der Waals surface area contributed by atoms with Gasteiger partial charge in [0.1, 0.15) is 5.75 Å². The average molecular weight is 474 g/mol. The molecule has 1 amide bonds. The second-order valence-electron chi connectivity index (χ2n) is 6.27. The van der Waals surface area contributed by atoms with Crippen molar-refractivity contribution in [2.45, 2.75) is 44.6 Å². The average Bonchev–Trinajstić information content (AvgIpc) is 2.65. The van der Waals surface area contributed by atoms with E-state index in [1.54, 1.807) is 7.05 Å². The van der Waals surface area contributed by atoms with Gasteiger partial charge >= 0.3 is 0 Å². The van der Waals surface area contributed by atoms with Crippen LogP contribution in [-0.4, -0.2) is 44.7 Å².